The highest BCUT2D eigenvalue weighted by Crippen LogP contribution is 2.08. The Balaban J connectivity index is 1.86. The van der Waals surface area contributed by atoms with Gasteiger partial charge in [0.2, 0.25) is 0 Å². The number of carbonyl (C=O) groups excluding carboxylic acids is 1. The van der Waals surface area contributed by atoms with E-state index in [9.17, 15) is 4.79 Å². The maximum absolute atomic E-state index is 11.8. The van der Waals surface area contributed by atoms with E-state index in [2.05, 4.69) is 15.8 Å². The molecule has 1 amide bonds. The van der Waals surface area contributed by atoms with Gasteiger partial charge in [-0.3, -0.25) is 4.79 Å². The molecule has 0 aromatic heterocycles. The number of hydrogen-bond donors (Lipinski definition) is 3. The highest BCUT2D eigenvalue weighted by Gasteiger charge is 2.02. The number of nitrogens with two attached hydrogens (primary N) is 1. The Morgan fingerprint density at radius 2 is 1.91 bits per heavy atom. The summed E-state index contributed by atoms with van der Waals surface area (Å²) in [6, 6.07) is 15.2. The van der Waals surface area contributed by atoms with Crippen LogP contribution < -0.4 is 16.5 Å². The van der Waals surface area contributed by atoms with E-state index < -0.39 is 0 Å². The highest BCUT2D eigenvalue weighted by molar-refractivity contribution is 6.00. The van der Waals surface area contributed by atoms with Crippen LogP contribution in [0.25, 0.3) is 0 Å². The summed E-state index contributed by atoms with van der Waals surface area (Å²) in [5.41, 5.74) is 12.6. The molecule has 0 unspecified atom stereocenters. The lowest BCUT2D eigenvalue weighted by molar-refractivity contribution is -0.119. The first-order chi connectivity index (χ1) is 10.5. The molecule has 2 aromatic carbocycles. The van der Waals surface area contributed by atoms with Crippen molar-refractivity contribution < 1.29 is 4.79 Å². The molecule has 22 heavy (non-hydrogen) atoms. The van der Waals surface area contributed by atoms with E-state index >= 15 is 0 Å². The van der Waals surface area contributed by atoms with Crippen LogP contribution in [0.2, 0.25) is 0 Å². The van der Waals surface area contributed by atoms with Gasteiger partial charge in [0.15, 0.2) is 0 Å². The number of nitrogens with zero attached hydrogens (tertiary/aromatic N) is 1. The van der Waals surface area contributed by atoms with Gasteiger partial charge in [0.25, 0.3) is 5.91 Å². The molecule has 5 heteroatoms. The zero-order valence-corrected chi connectivity index (χ0v) is 12.8. The Labute approximate surface area is 130 Å². The fourth-order valence-corrected chi connectivity index (χ4v) is 1.87. The van der Waals surface area contributed by atoms with Gasteiger partial charge in [0, 0.05) is 11.4 Å². The Morgan fingerprint density at radius 1 is 1.18 bits per heavy atom. The molecule has 0 fully saturated rings. The van der Waals surface area contributed by atoms with Crippen molar-refractivity contribution in [3.8, 4) is 0 Å². The van der Waals surface area contributed by atoms with E-state index in [1.54, 1.807) is 6.07 Å². The second kappa shape index (κ2) is 7.26. The summed E-state index contributed by atoms with van der Waals surface area (Å²) in [6.07, 6.45) is 0. The van der Waals surface area contributed by atoms with Crippen molar-refractivity contribution in [1.82, 2.24) is 5.43 Å². The molecule has 0 radical (unpaired) electrons. The van der Waals surface area contributed by atoms with Crippen molar-refractivity contribution in [1.29, 1.82) is 0 Å². The fourth-order valence-electron chi connectivity index (χ4n) is 1.87. The summed E-state index contributed by atoms with van der Waals surface area (Å²) in [7, 11) is 0. The number of nitrogen functional groups attached to an aromatic ring is 1. The number of hydrogen-bond acceptors (Lipinski definition) is 4. The summed E-state index contributed by atoms with van der Waals surface area (Å²) < 4.78 is 0. The topological polar surface area (TPSA) is 79.5 Å². The molecule has 0 aliphatic rings. The van der Waals surface area contributed by atoms with Gasteiger partial charge in [0.1, 0.15) is 0 Å². The molecule has 0 bridgehead atoms. The molecular weight excluding hydrogens is 276 g/mol. The van der Waals surface area contributed by atoms with Crippen molar-refractivity contribution in [2.24, 2.45) is 5.10 Å². The van der Waals surface area contributed by atoms with Gasteiger partial charge in [-0.2, -0.15) is 5.10 Å². The normalized spacial score (nSPS) is 11.1. The lowest BCUT2D eigenvalue weighted by Crippen LogP contribution is -2.26. The molecule has 5 nitrogen and oxygen atoms in total. The standard InChI is InChI=1S/C17H20N4O/c1-12-6-8-16(9-7-12)19-11-17(22)21-20-13(2)14-4-3-5-15(18)10-14/h3-10,19H,11,18H2,1-2H3,(H,21,22)/b20-13+. The van der Waals surface area contributed by atoms with Crippen LogP contribution >= 0.6 is 0 Å². The minimum atomic E-state index is -0.205. The van der Waals surface area contributed by atoms with Gasteiger partial charge in [-0.05, 0) is 43.7 Å². The zero-order chi connectivity index (χ0) is 15.9. The second-order valence-electron chi connectivity index (χ2n) is 5.08. The van der Waals surface area contributed by atoms with Crippen molar-refractivity contribution >= 4 is 23.0 Å². The Morgan fingerprint density at radius 3 is 2.59 bits per heavy atom. The average molecular weight is 296 g/mol. The molecule has 2 rings (SSSR count). The quantitative estimate of drug-likeness (QED) is 0.450. The number of rotatable bonds is 5. The van der Waals surface area contributed by atoms with Crippen LogP contribution in [0.15, 0.2) is 53.6 Å². The molecule has 0 saturated heterocycles. The van der Waals surface area contributed by atoms with E-state index in [0.29, 0.717) is 11.4 Å². The molecular formula is C17H20N4O. The highest BCUT2D eigenvalue weighted by atomic mass is 16.2. The summed E-state index contributed by atoms with van der Waals surface area (Å²) in [6.45, 7) is 4.00. The van der Waals surface area contributed by atoms with Gasteiger partial charge < -0.3 is 11.1 Å². The van der Waals surface area contributed by atoms with E-state index in [0.717, 1.165) is 11.3 Å². The van der Waals surface area contributed by atoms with Gasteiger partial charge >= 0.3 is 0 Å². The number of hydrazone groups is 1. The van der Waals surface area contributed by atoms with Gasteiger partial charge in [0.05, 0.1) is 12.3 Å². The molecule has 114 valence electrons. The monoisotopic (exact) mass is 296 g/mol. The average Bonchev–Trinajstić information content (AvgIpc) is 2.52. The Hall–Kier alpha value is -2.82. The smallest absolute Gasteiger partial charge is 0.259 e. The zero-order valence-electron chi connectivity index (χ0n) is 12.8. The molecule has 0 spiro atoms. The minimum absolute atomic E-state index is 0.163. The van der Waals surface area contributed by atoms with Crippen LogP contribution in [0.5, 0.6) is 0 Å². The van der Waals surface area contributed by atoms with Crippen LogP contribution in [0, 0.1) is 6.92 Å². The third-order valence-corrected chi connectivity index (χ3v) is 3.16. The molecule has 0 aliphatic carbocycles. The lowest BCUT2D eigenvalue weighted by Gasteiger charge is -2.06. The first kappa shape index (κ1) is 15.6. The van der Waals surface area contributed by atoms with E-state index in [-0.39, 0.29) is 12.5 Å². The predicted molar refractivity (Wildman–Crippen MR) is 90.9 cm³/mol. The summed E-state index contributed by atoms with van der Waals surface area (Å²) in [4.78, 5) is 11.8. The Kier molecular flexibility index (Phi) is 5.14. The lowest BCUT2D eigenvalue weighted by atomic mass is 10.1. The van der Waals surface area contributed by atoms with Gasteiger partial charge in [-0.15, -0.1) is 0 Å². The van der Waals surface area contributed by atoms with E-state index in [4.69, 9.17) is 5.73 Å². The van der Waals surface area contributed by atoms with E-state index in [1.807, 2.05) is 56.3 Å². The fraction of sp³-hybridized carbons (Fsp3) is 0.176. The summed E-state index contributed by atoms with van der Waals surface area (Å²) in [5, 5.41) is 7.13. The van der Waals surface area contributed by atoms with Crippen molar-refractivity contribution in [3.63, 3.8) is 0 Å². The molecule has 0 aliphatic heterocycles. The number of anilines is 2. The number of amides is 1. The molecule has 0 heterocycles. The first-order valence-electron chi connectivity index (χ1n) is 7.04. The van der Waals surface area contributed by atoms with Crippen LogP contribution in [0.4, 0.5) is 11.4 Å². The SMILES string of the molecule is C/C(=N\NC(=O)CNc1ccc(C)cc1)c1cccc(N)c1. The van der Waals surface area contributed by atoms with Gasteiger partial charge in [-0.1, -0.05) is 29.8 Å². The minimum Gasteiger partial charge on any atom is -0.399 e. The first-order valence-corrected chi connectivity index (χ1v) is 7.04. The second-order valence-corrected chi connectivity index (χ2v) is 5.08. The predicted octanol–water partition coefficient (Wildman–Crippen LogP) is 2.53. The molecule has 0 atom stereocenters. The summed E-state index contributed by atoms with van der Waals surface area (Å²) >= 11 is 0. The molecule has 4 N–H and O–H groups in total. The van der Waals surface area contributed by atoms with E-state index in [1.165, 1.54) is 5.56 Å². The van der Waals surface area contributed by atoms with Crippen LogP contribution in [0.1, 0.15) is 18.1 Å². The molecule has 0 saturated carbocycles. The van der Waals surface area contributed by atoms with Crippen LogP contribution in [-0.2, 0) is 4.79 Å². The maximum atomic E-state index is 11.8. The Bertz CT molecular complexity index is 677. The van der Waals surface area contributed by atoms with Gasteiger partial charge in [-0.25, -0.2) is 5.43 Å². The van der Waals surface area contributed by atoms with Crippen LogP contribution in [0.3, 0.4) is 0 Å². The van der Waals surface area contributed by atoms with Crippen molar-refractivity contribution in [2.45, 2.75) is 13.8 Å². The van der Waals surface area contributed by atoms with Crippen LogP contribution in [-0.4, -0.2) is 18.2 Å². The maximum Gasteiger partial charge on any atom is 0.259 e. The third-order valence-electron chi connectivity index (χ3n) is 3.16. The van der Waals surface area contributed by atoms with Crippen molar-refractivity contribution in [2.75, 3.05) is 17.6 Å². The number of aryl methyl sites for hydroxylation is 1. The number of carbonyl (C=O) groups is 1. The summed E-state index contributed by atoms with van der Waals surface area (Å²) in [5.74, 6) is -0.205. The van der Waals surface area contributed by atoms with Crippen molar-refractivity contribution in [3.05, 3.63) is 59.7 Å². The third kappa shape index (κ3) is 4.63. The largest absolute Gasteiger partial charge is 0.399 e. The number of nitrogens with one attached hydrogen (secondary N) is 2. The molecule has 2 aromatic rings. The number of benzene rings is 2.